The average Bonchev–Trinajstić information content (AvgIpc) is 2.95. The summed E-state index contributed by atoms with van der Waals surface area (Å²) in [4.78, 5) is 27.4. The highest BCUT2D eigenvalue weighted by Gasteiger charge is 2.25. The van der Waals surface area contributed by atoms with Crippen LogP contribution in [0.3, 0.4) is 0 Å². The maximum atomic E-state index is 11.3. The molecule has 0 saturated heterocycles. The number of allylic oxidation sites excluding steroid dienone is 1. The van der Waals surface area contributed by atoms with Crippen LogP contribution in [0.1, 0.15) is 22.8 Å². The summed E-state index contributed by atoms with van der Waals surface area (Å²) in [6.45, 7) is 2.34. The van der Waals surface area contributed by atoms with Crippen molar-refractivity contribution in [2.75, 3.05) is 11.7 Å². The molecule has 1 heterocycles. The van der Waals surface area contributed by atoms with Crippen molar-refractivity contribution in [1.82, 2.24) is 0 Å². The van der Waals surface area contributed by atoms with E-state index in [1.165, 1.54) is 23.8 Å². The minimum absolute atomic E-state index is 0.119. The van der Waals surface area contributed by atoms with Crippen molar-refractivity contribution >= 4 is 17.7 Å². The molecule has 0 fully saturated rings. The van der Waals surface area contributed by atoms with E-state index in [1.807, 2.05) is 37.3 Å². The van der Waals surface area contributed by atoms with Crippen LogP contribution in [0.2, 0.25) is 0 Å². The minimum atomic E-state index is -0.523. The van der Waals surface area contributed by atoms with Crippen LogP contribution < -0.4 is 5.06 Å². The molecule has 122 valence electrons. The van der Waals surface area contributed by atoms with E-state index in [4.69, 9.17) is 4.84 Å². The van der Waals surface area contributed by atoms with Gasteiger partial charge in [-0.1, -0.05) is 30.3 Å². The highest BCUT2D eigenvalue weighted by atomic mass is 16.7. The van der Waals surface area contributed by atoms with Crippen molar-refractivity contribution in [1.29, 1.82) is 0 Å². The Hall–Kier alpha value is -2.99. The number of anilines is 1. The van der Waals surface area contributed by atoms with Gasteiger partial charge >= 0.3 is 0 Å². The summed E-state index contributed by atoms with van der Waals surface area (Å²) < 4.78 is 0. The fourth-order valence-corrected chi connectivity index (χ4v) is 2.69. The lowest BCUT2D eigenvalue weighted by atomic mass is 10.0. The Kier molecular flexibility index (Phi) is 4.39. The van der Waals surface area contributed by atoms with Crippen LogP contribution >= 0.6 is 0 Å². The lowest BCUT2D eigenvalue weighted by Gasteiger charge is -2.19. The molecule has 0 radical (unpaired) electrons. The van der Waals surface area contributed by atoms with Gasteiger partial charge < -0.3 is 0 Å². The van der Waals surface area contributed by atoms with Crippen molar-refractivity contribution in [3.8, 4) is 0 Å². The highest BCUT2D eigenvalue weighted by molar-refractivity contribution is 5.86. The lowest BCUT2D eigenvalue weighted by Crippen LogP contribution is -2.17. The Morgan fingerprint density at radius 3 is 2.67 bits per heavy atom. The van der Waals surface area contributed by atoms with Crippen LogP contribution in [0.15, 0.2) is 59.8 Å². The summed E-state index contributed by atoms with van der Waals surface area (Å²) in [5.74, 6) is 0. The molecule has 24 heavy (non-hydrogen) atoms. The van der Waals surface area contributed by atoms with Gasteiger partial charge in [0.2, 0.25) is 0 Å². The molecular formula is C18H16N2O4. The number of non-ortho nitro benzene ring substituents is 1. The van der Waals surface area contributed by atoms with E-state index >= 15 is 0 Å². The molecule has 0 unspecified atom stereocenters. The fraction of sp³-hybridized carbons (Fsp3) is 0.167. The number of benzene rings is 2. The first-order valence-electron chi connectivity index (χ1n) is 7.49. The Labute approximate surface area is 139 Å². The zero-order chi connectivity index (χ0) is 17.1. The van der Waals surface area contributed by atoms with Crippen molar-refractivity contribution in [2.24, 2.45) is 0 Å². The molecule has 0 amide bonds. The zero-order valence-corrected chi connectivity index (χ0v) is 13.1. The van der Waals surface area contributed by atoms with Crippen LogP contribution in [0, 0.1) is 10.1 Å². The molecule has 2 aromatic rings. The molecule has 2 aromatic carbocycles. The van der Waals surface area contributed by atoms with Crippen LogP contribution in [0.5, 0.6) is 0 Å². The number of aldehydes is 1. The second-order valence-corrected chi connectivity index (χ2v) is 5.54. The maximum absolute atomic E-state index is 11.3. The standard InChI is InChI=1S/C18H16N2O4/c1-13-16(9-14-5-3-2-4-6-14)12-24-19(13)18-8-7-17(20(22)23)10-15(18)11-21/h2-8,10-11H,9,12H2,1H3. The van der Waals surface area contributed by atoms with Gasteiger partial charge in [0.05, 0.1) is 17.2 Å². The van der Waals surface area contributed by atoms with Gasteiger partial charge in [0.25, 0.3) is 5.69 Å². The van der Waals surface area contributed by atoms with Gasteiger partial charge in [0.15, 0.2) is 6.29 Å². The average molecular weight is 324 g/mol. The summed E-state index contributed by atoms with van der Waals surface area (Å²) in [6.07, 6.45) is 1.36. The third-order valence-electron chi connectivity index (χ3n) is 4.01. The Morgan fingerprint density at radius 2 is 2.00 bits per heavy atom. The largest absolute Gasteiger partial charge is 0.298 e. The molecule has 0 saturated carbocycles. The van der Waals surface area contributed by atoms with E-state index in [2.05, 4.69) is 0 Å². The van der Waals surface area contributed by atoms with Crippen LogP contribution in [-0.4, -0.2) is 17.8 Å². The normalized spacial score (nSPS) is 14.1. The minimum Gasteiger partial charge on any atom is -0.298 e. The zero-order valence-electron chi connectivity index (χ0n) is 13.1. The fourth-order valence-electron chi connectivity index (χ4n) is 2.69. The molecular weight excluding hydrogens is 308 g/mol. The molecule has 1 aliphatic heterocycles. The Balaban J connectivity index is 1.90. The molecule has 6 nitrogen and oxygen atoms in total. The SMILES string of the molecule is CC1=C(Cc2ccccc2)CON1c1ccc([N+](=O)[O-])cc1C=O. The lowest BCUT2D eigenvalue weighted by molar-refractivity contribution is -0.384. The summed E-state index contributed by atoms with van der Waals surface area (Å²) >= 11 is 0. The summed E-state index contributed by atoms with van der Waals surface area (Å²) in [5.41, 5.74) is 3.80. The molecule has 0 aliphatic carbocycles. The molecule has 0 aromatic heterocycles. The molecule has 0 N–H and O–H groups in total. The number of nitro benzene ring substituents is 1. The smallest absolute Gasteiger partial charge is 0.270 e. The Bertz CT molecular complexity index is 815. The molecule has 0 atom stereocenters. The van der Waals surface area contributed by atoms with Crippen molar-refractivity contribution in [3.05, 3.63) is 81.0 Å². The van der Waals surface area contributed by atoms with Crippen LogP contribution in [0.4, 0.5) is 11.4 Å². The quantitative estimate of drug-likeness (QED) is 0.476. The van der Waals surface area contributed by atoms with E-state index in [1.54, 1.807) is 5.06 Å². The van der Waals surface area contributed by atoms with E-state index < -0.39 is 4.92 Å². The van der Waals surface area contributed by atoms with Crippen molar-refractivity contribution in [3.63, 3.8) is 0 Å². The van der Waals surface area contributed by atoms with Crippen LogP contribution in [0.25, 0.3) is 0 Å². The number of nitro groups is 1. The maximum Gasteiger partial charge on any atom is 0.270 e. The number of nitrogens with zero attached hydrogens (tertiary/aromatic N) is 2. The molecule has 6 heteroatoms. The monoisotopic (exact) mass is 324 g/mol. The molecule has 0 spiro atoms. The topological polar surface area (TPSA) is 72.7 Å². The summed E-state index contributed by atoms with van der Waals surface area (Å²) in [5, 5.41) is 12.4. The second kappa shape index (κ2) is 6.64. The van der Waals surface area contributed by atoms with Gasteiger partial charge in [-0.15, -0.1) is 0 Å². The number of hydroxylamine groups is 1. The highest BCUT2D eigenvalue weighted by Crippen LogP contribution is 2.32. The van der Waals surface area contributed by atoms with Gasteiger partial charge in [0, 0.05) is 23.4 Å². The van der Waals surface area contributed by atoms with E-state index in [0.717, 1.165) is 17.7 Å². The number of hydrogen-bond acceptors (Lipinski definition) is 5. The number of carbonyl (C=O) groups excluding carboxylic acids is 1. The van der Waals surface area contributed by atoms with E-state index in [-0.39, 0.29) is 11.3 Å². The molecule has 0 bridgehead atoms. The van der Waals surface area contributed by atoms with Crippen molar-refractivity contribution < 1.29 is 14.6 Å². The van der Waals surface area contributed by atoms with Gasteiger partial charge in [0.1, 0.15) is 0 Å². The number of rotatable bonds is 5. The summed E-state index contributed by atoms with van der Waals surface area (Å²) in [7, 11) is 0. The van der Waals surface area contributed by atoms with Gasteiger partial charge in [-0.2, -0.15) is 0 Å². The summed E-state index contributed by atoms with van der Waals surface area (Å²) in [6, 6.07) is 14.2. The number of carbonyl (C=O) groups is 1. The first-order chi connectivity index (χ1) is 11.6. The number of hydrogen-bond donors (Lipinski definition) is 0. The third-order valence-corrected chi connectivity index (χ3v) is 4.01. The van der Waals surface area contributed by atoms with Crippen LogP contribution in [-0.2, 0) is 11.3 Å². The molecule has 3 rings (SSSR count). The first kappa shape index (κ1) is 15.9. The van der Waals surface area contributed by atoms with Gasteiger partial charge in [-0.05, 0) is 30.5 Å². The van der Waals surface area contributed by atoms with E-state index in [9.17, 15) is 14.9 Å². The van der Waals surface area contributed by atoms with Gasteiger partial charge in [-0.25, -0.2) is 5.06 Å². The first-order valence-corrected chi connectivity index (χ1v) is 7.49. The molecule has 1 aliphatic rings. The predicted octanol–water partition coefficient (Wildman–Crippen LogP) is 3.68. The van der Waals surface area contributed by atoms with E-state index in [0.29, 0.717) is 18.6 Å². The predicted molar refractivity (Wildman–Crippen MR) is 89.8 cm³/mol. The van der Waals surface area contributed by atoms with Gasteiger partial charge in [-0.3, -0.25) is 19.7 Å². The Morgan fingerprint density at radius 1 is 1.25 bits per heavy atom. The second-order valence-electron chi connectivity index (χ2n) is 5.54. The van der Waals surface area contributed by atoms with Crippen molar-refractivity contribution in [2.45, 2.75) is 13.3 Å². The third kappa shape index (κ3) is 3.04.